The van der Waals surface area contributed by atoms with Crippen molar-refractivity contribution in [2.75, 3.05) is 0 Å². The molecular weight excluding hydrogens is 324 g/mol. The van der Waals surface area contributed by atoms with Crippen molar-refractivity contribution in [1.82, 2.24) is 0 Å². The number of para-hydroxylation sites is 1. The lowest BCUT2D eigenvalue weighted by Crippen LogP contribution is -2.31. The van der Waals surface area contributed by atoms with Crippen molar-refractivity contribution >= 4 is 28.0 Å². The van der Waals surface area contributed by atoms with E-state index in [2.05, 4.69) is 0 Å². The summed E-state index contributed by atoms with van der Waals surface area (Å²) in [6.07, 6.45) is -1.16. The highest BCUT2D eigenvalue weighted by molar-refractivity contribution is 7.87. The lowest BCUT2D eigenvalue weighted by molar-refractivity contribution is -0.143. The Morgan fingerprint density at radius 1 is 1.05 bits per heavy atom. The first kappa shape index (κ1) is 19.3. The van der Waals surface area contributed by atoms with Crippen LogP contribution in [0.1, 0.15) is 16.8 Å². The number of carboxylic acids is 3. The number of aromatic carboxylic acids is 1. The van der Waals surface area contributed by atoms with Gasteiger partial charge < -0.3 is 20.4 Å². The smallest absolute Gasteiger partial charge is 0.339 e. The Morgan fingerprint density at radius 2 is 1.55 bits per heavy atom. The van der Waals surface area contributed by atoms with E-state index in [0.29, 0.717) is 0 Å². The molecule has 11 heteroatoms. The van der Waals surface area contributed by atoms with Gasteiger partial charge in [-0.3, -0.25) is 14.1 Å². The molecule has 0 fully saturated rings. The maximum absolute atomic E-state index is 10.3. The number of hydrogen-bond donors (Lipinski definition) is 5. The fourth-order valence-electron chi connectivity index (χ4n) is 1.13. The van der Waals surface area contributed by atoms with E-state index in [4.69, 9.17) is 25.0 Å². The molecule has 0 amide bonds. The van der Waals surface area contributed by atoms with Gasteiger partial charge in [0.1, 0.15) is 11.3 Å². The summed E-state index contributed by atoms with van der Waals surface area (Å²) in [5.74, 6) is -4.81. The third kappa shape index (κ3) is 6.67. The lowest BCUT2D eigenvalue weighted by Gasteiger charge is -2.04. The minimum atomic E-state index is -4.84. The standard InChI is InChI=1S/C7H6O3.C4H6O7S/c8-6-4-2-1-3-5(6)7(9)10;5-3(6)1-2(4(7)8)12(9,10)11/h1-4,8H,(H,9,10);2H,1H2,(H,5,6)(H,7,8)(H,9,10,11). The minimum absolute atomic E-state index is 0.0671. The van der Waals surface area contributed by atoms with E-state index < -0.39 is 39.7 Å². The summed E-state index contributed by atoms with van der Waals surface area (Å²) < 4.78 is 28.7. The Hall–Kier alpha value is -2.66. The summed E-state index contributed by atoms with van der Waals surface area (Å²) in [5, 5.41) is 31.2. The number of rotatable bonds is 5. The number of phenols is 1. The normalized spacial score (nSPS) is 11.7. The maximum Gasteiger partial charge on any atom is 0.339 e. The molecule has 1 unspecified atom stereocenters. The Kier molecular flexibility index (Phi) is 6.99. The summed E-state index contributed by atoms with van der Waals surface area (Å²) in [7, 11) is -4.84. The molecule has 0 spiro atoms. The van der Waals surface area contributed by atoms with Gasteiger partial charge in [-0.05, 0) is 12.1 Å². The molecule has 122 valence electrons. The molecule has 0 aliphatic heterocycles. The van der Waals surface area contributed by atoms with Crippen LogP contribution in [0.2, 0.25) is 0 Å². The van der Waals surface area contributed by atoms with Crippen molar-refractivity contribution in [1.29, 1.82) is 0 Å². The molecule has 22 heavy (non-hydrogen) atoms. The van der Waals surface area contributed by atoms with Gasteiger partial charge in [0.25, 0.3) is 10.1 Å². The number of carboxylic acid groups (broad SMARTS) is 3. The van der Waals surface area contributed by atoms with Crippen LogP contribution < -0.4 is 0 Å². The Bertz CT molecular complexity index is 663. The van der Waals surface area contributed by atoms with Crippen LogP contribution in [0.25, 0.3) is 0 Å². The maximum atomic E-state index is 10.3. The van der Waals surface area contributed by atoms with E-state index in [9.17, 15) is 22.8 Å². The van der Waals surface area contributed by atoms with Crippen molar-refractivity contribution in [3.05, 3.63) is 29.8 Å². The highest BCUT2D eigenvalue weighted by atomic mass is 32.2. The minimum Gasteiger partial charge on any atom is -0.507 e. The predicted molar refractivity (Wildman–Crippen MR) is 70.3 cm³/mol. The monoisotopic (exact) mass is 336 g/mol. The van der Waals surface area contributed by atoms with Gasteiger partial charge in [-0.1, -0.05) is 12.1 Å². The average Bonchev–Trinajstić information content (AvgIpc) is 2.35. The number of carbonyl (C=O) groups is 3. The summed E-state index contributed by atoms with van der Waals surface area (Å²) in [4.78, 5) is 30.3. The second-order valence-corrected chi connectivity index (χ2v) is 5.36. The first-order valence-corrected chi connectivity index (χ1v) is 6.89. The molecule has 0 radical (unpaired) electrons. The van der Waals surface area contributed by atoms with Crippen molar-refractivity contribution in [2.45, 2.75) is 11.7 Å². The van der Waals surface area contributed by atoms with Gasteiger partial charge >= 0.3 is 17.9 Å². The first-order valence-electron chi connectivity index (χ1n) is 5.39. The molecule has 1 aromatic rings. The fraction of sp³-hybridized carbons (Fsp3) is 0.182. The number of hydrogen-bond acceptors (Lipinski definition) is 6. The molecule has 0 bridgehead atoms. The molecule has 1 rings (SSSR count). The SMILES string of the molecule is O=C(O)CC(C(=O)O)S(=O)(=O)O.O=C(O)c1ccccc1O. The molecule has 1 atom stereocenters. The molecule has 0 aliphatic carbocycles. The third-order valence-corrected chi connectivity index (χ3v) is 3.22. The van der Waals surface area contributed by atoms with Gasteiger partial charge in [0.05, 0.1) is 6.42 Å². The number of benzene rings is 1. The second-order valence-electron chi connectivity index (χ2n) is 3.76. The van der Waals surface area contributed by atoms with Crippen molar-refractivity contribution in [2.24, 2.45) is 0 Å². The van der Waals surface area contributed by atoms with Gasteiger partial charge in [0.2, 0.25) is 0 Å². The van der Waals surface area contributed by atoms with E-state index in [1.54, 1.807) is 12.1 Å². The van der Waals surface area contributed by atoms with Crippen molar-refractivity contribution < 1.29 is 47.8 Å². The molecule has 10 nitrogen and oxygen atoms in total. The van der Waals surface area contributed by atoms with Gasteiger partial charge in [0, 0.05) is 0 Å². The van der Waals surface area contributed by atoms with Crippen LogP contribution in [0.4, 0.5) is 0 Å². The summed E-state index contributed by atoms with van der Waals surface area (Å²) in [5.41, 5.74) is -0.0671. The molecule has 0 heterocycles. The largest absolute Gasteiger partial charge is 0.507 e. The second kappa shape index (κ2) is 7.95. The highest BCUT2D eigenvalue weighted by Crippen LogP contribution is 2.14. The number of aliphatic carboxylic acids is 2. The van der Waals surface area contributed by atoms with Gasteiger partial charge in [-0.25, -0.2) is 4.79 Å². The molecule has 0 aromatic heterocycles. The van der Waals surface area contributed by atoms with Crippen LogP contribution in [0.5, 0.6) is 5.75 Å². The molecule has 5 N–H and O–H groups in total. The summed E-state index contributed by atoms with van der Waals surface area (Å²) in [6, 6.07) is 5.81. The van der Waals surface area contributed by atoms with E-state index in [1.807, 2.05) is 0 Å². The molecule has 1 aromatic carbocycles. The van der Waals surface area contributed by atoms with Gasteiger partial charge in [-0.15, -0.1) is 0 Å². The summed E-state index contributed by atoms with van der Waals surface area (Å²) >= 11 is 0. The van der Waals surface area contributed by atoms with Crippen LogP contribution in [-0.4, -0.2) is 56.6 Å². The van der Waals surface area contributed by atoms with Crippen LogP contribution in [-0.2, 0) is 19.7 Å². The van der Waals surface area contributed by atoms with Crippen LogP contribution in [0, 0.1) is 0 Å². The van der Waals surface area contributed by atoms with E-state index in [-0.39, 0.29) is 11.3 Å². The molecule has 0 saturated carbocycles. The Balaban J connectivity index is 0.000000406. The zero-order chi connectivity index (χ0) is 17.5. The molecule has 0 saturated heterocycles. The molecular formula is C11H12O10S. The van der Waals surface area contributed by atoms with Crippen LogP contribution in [0.15, 0.2) is 24.3 Å². The molecule has 0 aliphatic rings. The zero-order valence-electron chi connectivity index (χ0n) is 10.8. The van der Waals surface area contributed by atoms with E-state index in [0.717, 1.165) is 0 Å². The van der Waals surface area contributed by atoms with Crippen LogP contribution in [0.3, 0.4) is 0 Å². The average molecular weight is 336 g/mol. The van der Waals surface area contributed by atoms with Gasteiger partial charge in [-0.2, -0.15) is 8.42 Å². The number of aromatic hydroxyl groups is 1. The van der Waals surface area contributed by atoms with Crippen molar-refractivity contribution in [3.63, 3.8) is 0 Å². The van der Waals surface area contributed by atoms with Crippen molar-refractivity contribution in [3.8, 4) is 5.75 Å². The Labute approximate surface area is 124 Å². The zero-order valence-corrected chi connectivity index (χ0v) is 11.6. The van der Waals surface area contributed by atoms with E-state index >= 15 is 0 Å². The lowest BCUT2D eigenvalue weighted by atomic mass is 10.2. The highest BCUT2D eigenvalue weighted by Gasteiger charge is 2.33. The van der Waals surface area contributed by atoms with Crippen LogP contribution >= 0.6 is 0 Å². The quantitative estimate of drug-likeness (QED) is 0.454. The fourth-order valence-corrected chi connectivity index (χ4v) is 1.74. The Morgan fingerprint density at radius 3 is 1.77 bits per heavy atom. The topological polar surface area (TPSA) is 186 Å². The first-order chi connectivity index (χ1) is 9.96. The van der Waals surface area contributed by atoms with E-state index in [1.165, 1.54) is 12.1 Å². The summed E-state index contributed by atoms with van der Waals surface area (Å²) in [6.45, 7) is 0. The van der Waals surface area contributed by atoms with Gasteiger partial charge in [0.15, 0.2) is 5.25 Å². The third-order valence-electron chi connectivity index (χ3n) is 2.13. The predicted octanol–water partition coefficient (Wildman–Crippen LogP) is -0.107.